The van der Waals surface area contributed by atoms with E-state index in [1.54, 1.807) is 0 Å². The molecule has 6 heteroatoms. The third kappa shape index (κ3) is 2.76. The average molecular weight is 316 g/mol. The Labute approximate surface area is 112 Å². The fourth-order valence-electron chi connectivity index (χ4n) is 1.73. The Bertz CT molecular complexity index is 523. The average Bonchev–Trinajstić information content (AvgIpc) is 2.75. The number of hydrogen-bond donors (Lipinski definition) is 1. The summed E-state index contributed by atoms with van der Waals surface area (Å²) in [5.41, 5.74) is 6.63. The molecule has 0 spiro atoms. The van der Waals surface area contributed by atoms with Crippen LogP contribution in [0.1, 0.15) is 23.2 Å². The zero-order chi connectivity index (χ0) is 13.1. The highest BCUT2D eigenvalue weighted by atomic mass is 79.9. The molecule has 2 aromatic rings. The van der Waals surface area contributed by atoms with E-state index in [-0.39, 0.29) is 12.2 Å². The third-order valence-corrected chi connectivity index (χ3v) is 3.16. The molecule has 18 heavy (non-hydrogen) atoms. The zero-order valence-electron chi connectivity index (χ0n) is 9.48. The third-order valence-electron chi connectivity index (χ3n) is 2.63. The minimum Gasteiger partial charge on any atom is -0.326 e. The Kier molecular flexibility index (Phi) is 4.08. The molecule has 2 N–H and O–H groups in total. The Balaban J connectivity index is 2.28. The topological polar surface area (TPSA) is 43.8 Å². The summed E-state index contributed by atoms with van der Waals surface area (Å²) < 4.78 is 28.2. The van der Waals surface area contributed by atoms with Gasteiger partial charge in [-0.3, -0.25) is 4.68 Å². The summed E-state index contributed by atoms with van der Waals surface area (Å²) >= 11 is 3.32. The van der Waals surface area contributed by atoms with Crippen LogP contribution >= 0.6 is 15.9 Å². The van der Waals surface area contributed by atoms with Crippen LogP contribution in [0, 0.1) is 0 Å². The zero-order valence-corrected chi connectivity index (χ0v) is 11.1. The van der Waals surface area contributed by atoms with E-state index in [1.165, 1.54) is 10.9 Å². The molecule has 0 radical (unpaired) electrons. The minimum atomic E-state index is -2.57. The van der Waals surface area contributed by atoms with Crippen molar-refractivity contribution >= 4 is 15.9 Å². The molecule has 1 aromatic heterocycles. The second-order valence-electron chi connectivity index (χ2n) is 3.84. The van der Waals surface area contributed by atoms with Gasteiger partial charge < -0.3 is 5.73 Å². The minimum absolute atomic E-state index is 0.0695. The van der Waals surface area contributed by atoms with Crippen LogP contribution in [-0.2, 0) is 13.1 Å². The van der Waals surface area contributed by atoms with Crippen molar-refractivity contribution in [3.8, 4) is 0 Å². The molecule has 0 fully saturated rings. The molecule has 0 aliphatic heterocycles. The van der Waals surface area contributed by atoms with Gasteiger partial charge in [0.15, 0.2) is 0 Å². The van der Waals surface area contributed by atoms with Gasteiger partial charge >= 0.3 is 0 Å². The molecular formula is C12H12BrF2N3. The number of rotatable bonds is 4. The molecule has 0 unspecified atom stereocenters. The van der Waals surface area contributed by atoms with E-state index in [9.17, 15) is 8.78 Å². The van der Waals surface area contributed by atoms with Crippen molar-refractivity contribution < 1.29 is 8.78 Å². The van der Waals surface area contributed by atoms with Crippen molar-refractivity contribution in [2.45, 2.75) is 19.5 Å². The highest BCUT2D eigenvalue weighted by Crippen LogP contribution is 2.23. The predicted molar refractivity (Wildman–Crippen MR) is 68.3 cm³/mol. The number of halogens is 3. The first kappa shape index (κ1) is 13.2. The normalized spacial score (nSPS) is 11.2. The summed E-state index contributed by atoms with van der Waals surface area (Å²) in [5, 5.41) is 3.97. The fourth-order valence-corrected chi connectivity index (χ4v) is 2.00. The highest BCUT2D eigenvalue weighted by molar-refractivity contribution is 9.10. The molecule has 3 nitrogen and oxygen atoms in total. The van der Waals surface area contributed by atoms with Crippen LogP contribution in [0.5, 0.6) is 0 Å². The van der Waals surface area contributed by atoms with Crippen molar-refractivity contribution in [1.29, 1.82) is 0 Å². The van der Waals surface area contributed by atoms with Gasteiger partial charge in [0.1, 0.15) is 5.69 Å². The maximum absolute atomic E-state index is 13.0. The van der Waals surface area contributed by atoms with Crippen molar-refractivity contribution in [3.63, 3.8) is 0 Å². The van der Waals surface area contributed by atoms with E-state index in [0.717, 1.165) is 10.0 Å². The van der Waals surface area contributed by atoms with Crippen LogP contribution in [0.4, 0.5) is 8.78 Å². The monoisotopic (exact) mass is 315 g/mol. The second kappa shape index (κ2) is 5.58. The van der Waals surface area contributed by atoms with Crippen LogP contribution in [0.15, 0.2) is 34.9 Å². The quantitative estimate of drug-likeness (QED) is 0.942. The van der Waals surface area contributed by atoms with Gasteiger partial charge in [0.05, 0.1) is 12.7 Å². The number of benzene rings is 1. The summed E-state index contributed by atoms with van der Waals surface area (Å²) in [6.45, 7) is 0.382. The summed E-state index contributed by atoms with van der Waals surface area (Å²) in [6.07, 6.45) is -1.16. The van der Waals surface area contributed by atoms with Gasteiger partial charge in [-0.25, -0.2) is 8.78 Å². The van der Waals surface area contributed by atoms with Crippen LogP contribution in [0.2, 0.25) is 0 Å². The molecule has 0 bridgehead atoms. The second-order valence-corrected chi connectivity index (χ2v) is 4.76. The van der Waals surface area contributed by atoms with Gasteiger partial charge in [-0.2, -0.15) is 5.10 Å². The Morgan fingerprint density at radius 1 is 1.28 bits per heavy atom. The maximum Gasteiger partial charge on any atom is 0.280 e. The van der Waals surface area contributed by atoms with Crippen molar-refractivity contribution in [1.82, 2.24) is 9.78 Å². The van der Waals surface area contributed by atoms with Crippen LogP contribution in [-0.4, -0.2) is 9.78 Å². The summed E-state index contributed by atoms with van der Waals surface area (Å²) in [7, 11) is 0. The van der Waals surface area contributed by atoms with Gasteiger partial charge in [0.25, 0.3) is 6.43 Å². The molecule has 96 valence electrons. The summed E-state index contributed by atoms with van der Waals surface area (Å²) in [6, 6.07) is 7.46. The molecule has 0 aliphatic rings. The molecular weight excluding hydrogens is 304 g/mol. The standard InChI is InChI=1S/C12H12BrF2N3/c13-10-3-1-8(2-4-10)7-18-11(12(14)15)9(5-16)6-17-18/h1-4,6,12H,5,7,16H2. The van der Waals surface area contributed by atoms with Crippen molar-refractivity contribution in [3.05, 3.63) is 51.8 Å². The van der Waals surface area contributed by atoms with E-state index in [1.807, 2.05) is 24.3 Å². The largest absolute Gasteiger partial charge is 0.326 e. The molecule has 0 amide bonds. The van der Waals surface area contributed by atoms with Gasteiger partial charge in [0.2, 0.25) is 0 Å². The van der Waals surface area contributed by atoms with Crippen molar-refractivity contribution in [2.75, 3.05) is 0 Å². The van der Waals surface area contributed by atoms with Crippen molar-refractivity contribution in [2.24, 2.45) is 5.73 Å². The molecule has 1 heterocycles. The number of alkyl halides is 2. The van der Waals surface area contributed by atoms with Crippen LogP contribution in [0.25, 0.3) is 0 Å². The maximum atomic E-state index is 13.0. The Morgan fingerprint density at radius 3 is 2.50 bits per heavy atom. The SMILES string of the molecule is NCc1cnn(Cc2ccc(Br)cc2)c1C(F)F. The van der Waals surface area contributed by atoms with Gasteiger partial charge in [0, 0.05) is 16.6 Å². The number of aromatic nitrogens is 2. The van der Waals surface area contributed by atoms with E-state index in [0.29, 0.717) is 12.1 Å². The lowest BCUT2D eigenvalue weighted by molar-refractivity contribution is 0.138. The highest BCUT2D eigenvalue weighted by Gasteiger charge is 2.19. The van der Waals surface area contributed by atoms with E-state index >= 15 is 0 Å². The predicted octanol–water partition coefficient (Wildman–Crippen LogP) is 3.09. The molecule has 0 aliphatic carbocycles. The Morgan fingerprint density at radius 2 is 1.94 bits per heavy atom. The molecule has 0 saturated heterocycles. The van der Waals surface area contributed by atoms with E-state index in [2.05, 4.69) is 21.0 Å². The number of nitrogens with zero attached hydrogens (tertiary/aromatic N) is 2. The van der Waals surface area contributed by atoms with Gasteiger partial charge in [-0.05, 0) is 17.7 Å². The van der Waals surface area contributed by atoms with E-state index in [4.69, 9.17) is 5.73 Å². The smallest absolute Gasteiger partial charge is 0.280 e. The Hall–Kier alpha value is -1.27. The molecule has 1 aromatic carbocycles. The summed E-state index contributed by atoms with van der Waals surface area (Å²) in [5.74, 6) is 0. The fraction of sp³-hybridized carbons (Fsp3) is 0.250. The molecule has 0 saturated carbocycles. The van der Waals surface area contributed by atoms with Crippen LogP contribution < -0.4 is 5.73 Å². The lowest BCUT2D eigenvalue weighted by atomic mass is 10.2. The number of nitrogens with two attached hydrogens (primary N) is 1. The van der Waals surface area contributed by atoms with E-state index < -0.39 is 6.43 Å². The molecule has 0 atom stereocenters. The first-order valence-electron chi connectivity index (χ1n) is 5.39. The van der Waals surface area contributed by atoms with Gasteiger partial charge in [-0.1, -0.05) is 28.1 Å². The lowest BCUT2D eigenvalue weighted by Gasteiger charge is -2.08. The van der Waals surface area contributed by atoms with Gasteiger partial charge in [-0.15, -0.1) is 0 Å². The number of hydrogen-bond acceptors (Lipinski definition) is 2. The first-order valence-corrected chi connectivity index (χ1v) is 6.18. The summed E-state index contributed by atoms with van der Waals surface area (Å²) in [4.78, 5) is 0. The molecule has 2 rings (SSSR count). The lowest BCUT2D eigenvalue weighted by Crippen LogP contribution is -2.09. The first-order chi connectivity index (χ1) is 8.61. The van der Waals surface area contributed by atoms with Crippen LogP contribution in [0.3, 0.4) is 0 Å².